The second kappa shape index (κ2) is 3.73. The van der Waals surface area contributed by atoms with Crippen LogP contribution >= 0.6 is 0 Å². The minimum absolute atomic E-state index is 0.0113. The molecule has 0 fully saturated rings. The molecule has 1 N–H and O–H groups in total. The fourth-order valence-electron chi connectivity index (χ4n) is 1.40. The number of hydrogen-bond donors (Lipinski definition) is 1. The lowest BCUT2D eigenvalue weighted by Gasteiger charge is -2.05. The van der Waals surface area contributed by atoms with E-state index >= 15 is 0 Å². The van der Waals surface area contributed by atoms with Crippen LogP contribution in [0.1, 0.15) is 12.5 Å². The van der Waals surface area contributed by atoms with Crippen LogP contribution < -0.4 is 9.47 Å². The largest absolute Gasteiger partial charge is 0.586 e. The summed E-state index contributed by atoms with van der Waals surface area (Å²) in [5.41, 5.74) is 0.247. The number of para-hydroxylation sites is 1. The first-order valence-electron chi connectivity index (χ1n) is 4.69. The van der Waals surface area contributed by atoms with Gasteiger partial charge in [0.2, 0.25) is 0 Å². The van der Waals surface area contributed by atoms with E-state index in [0.29, 0.717) is 0 Å². The first kappa shape index (κ1) is 11.4. The van der Waals surface area contributed by atoms with Crippen molar-refractivity contribution in [1.82, 2.24) is 0 Å². The maximum absolute atomic E-state index is 12.8. The molecule has 2 rings (SSSR count). The molecule has 4 nitrogen and oxygen atoms in total. The summed E-state index contributed by atoms with van der Waals surface area (Å²) in [5, 5.41) is 8.71. The van der Waals surface area contributed by atoms with Crippen LogP contribution in [0.15, 0.2) is 23.8 Å². The van der Waals surface area contributed by atoms with Crippen LogP contribution in [-0.2, 0) is 4.79 Å². The highest BCUT2D eigenvalue weighted by molar-refractivity contribution is 5.92. The zero-order chi connectivity index (χ0) is 12.6. The number of hydrogen-bond acceptors (Lipinski definition) is 3. The molecule has 17 heavy (non-hydrogen) atoms. The number of carboxylic acid groups (broad SMARTS) is 1. The van der Waals surface area contributed by atoms with Crippen molar-refractivity contribution in [3.63, 3.8) is 0 Å². The summed E-state index contributed by atoms with van der Waals surface area (Å²) in [7, 11) is 0. The summed E-state index contributed by atoms with van der Waals surface area (Å²) in [6.07, 6.45) is -2.46. The molecule has 90 valence electrons. The van der Waals surface area contributed by atoms with E-state index in [1.54, 1.807) is 0 Å². The Morgan fingerprint density at radius 2 is 2.12 bits per heavy atom. The zero-order valence-corrected chi connectivity index (χ0v) is 8.74. The summed E-state index contributed by atoms with van der Waals surface area (Å²) in [5.74, 6) is -1.40. The van der Waals surface area contributed by atoms with Crippen molar-refractivity contribution in [1.29, 1.82) is 0 Å². The summed E-state index contributed by atoms with van der Waals surface area (Å²) >= 11 is 0. The van der Waals surface area contributed by atoms with Crippen molar-refractivity contribution in [2.24, 2.45) is 0 Å². The van der Waals surface area contributed by atoms with Crippen molar-refractivity contribution in [3.05, 3.63) is 29.3 Å². The van der Waals surface area contributed by atoms with Gasteiger partial charge in [-0.25, -0.2) is 4.79 Å². The van der Waals surface area contributed by atoms with Gasteiger partial charge in [-0.3, -0.25) is 0 Å². The highest BCUT2D eigenvalue weighted by Gasteiger charge is 2.44. The van der Waals surface area contributed by atoms with Crippen LogP contribution in [0, 0.1) is 0 Å². The Kier molecular flexibility index (Phi) is 2.49. The minimum atomic E-state index is -3.70. The number of fused-ring (bicyclic) bond motifs is 1. The van der Waals surface area contributed by atoms with Crippen molar-refractivity contribution in [2.75, 3.05) is 0 Å². The smallest absolute Gasteiger partial charge is 0.478 e. The third-order valence-corrected chi connectivity index (χ3v) is 2.17. The van der Waals surface area contributed by atoms with Gasteiger partial charge in [0, 0.05) is 11.1 Å². The Labute approximate surface area is 95.1 Å². The SMILES string of the molecule is C/C(=C\c1cccc2c1OC(F)(F)O2)C(=O)O. The quantitative estimate of drug-likeness (QED) is 0.809. The first-order valence-corrected chi connectivity index (χ1v) is 4.69. The molecule has 0 bridgehead atoms. The normalized spacial score (nSPS) is 17.0. The third kappa shape index (κ3) is 2.20. The molecule has 0 amide bonds. The van der Waals surface area contributed by atoms with Gasteiger partial charge in [-0.1, -0.05) is 12.1 Å². The topological polar surface area (TPSA) is 55.8 Å². The molecule has 0 saturated heterocycles. The van der Waals surface area contributed by atoms with Gasteiger partial charge in [-0.15, -0.1) is 8.78 Å². The molecular formula is C11H8F2O4. The van der Waals surface area contributed by atoms with Crippen molar-refractivity contribution in [3.8, 4) is 11.5 Å². The van der Waals surface area contributed by atoms with Gasteiger partial charge in [0.1, 0.15) is 0 Å². The summed E-state index contributed by atoms with van der Waals surface area (Å²) < 4.78 is 34.2. The molecular weight excluding hydrogens is 234 g/mol. The Bertz CT molecular complexity index is 508. The lowest BCUT2D eigenvalue weighted by Crippen LogP contribution is -2.26. The van der Waals surface area contributed by atoms with E-state index in [0.717, 1.165) is 0 Å². The zero-order valence-electron chi connectivity index (χ0n) is 8.74. The molecule has 1 aliphatic rings. The van der Waals surface area contributed by atoms with Crippen LogP contribution in [0.4, 0.5) is 8.78 Å². The molecule has 0 atom stereocenters. The van der Waals surface area contributed by atoms with Gasteiger partial charge in [0.25, 0.3) is 0 Å². The summed E-state index contributed by atoms with van der Waals surface area (Å²) in [4.78, 5) is 10.6. The third-order valence-electron chi connectivity index (χ3n) is 2.17. The van der Waals surface area contributed by atoms with Crippen LogP contribution in [0.5, 0.6) is 11.5 Å². The predicted octanol–water partition coefficient (Wildman–Crippen LogP) is 2.50. The Balaban J connectivity index is 2.43. The first-order chi connectivity index (χ1) is 7.89. The molecule has 1 aromatic rings. The fraction of sp³-hybridized carbons (Fsp3) is 0.182. The van der Waals surface area contributed by atoms with Crippen molar-refractivity contribution in [2.45, 2.75) is 13.2 Å². The van der Waals surface area contributed by atoms with E-state index in [1.165, 1.54) is 31.2 Å². The van der Waals surface area contributed by atoms with Gasteiger partial charge in [0.05, 0.1) is 0 Å². The Hall–Kier alpha value is -2.11. The predicted molar refractivity (Wildman–Crippen MR) is 53.9 cm³/mol. The average Bonchev–Trinajstić information content (AvgIpc) is 2.53. The monoisotopic (exact) mass is 242 g/mol. The molecule has 0 aromatic heterocycles. The lowest BCUT2D eigenvalue weighted by atomic mass is 10.1. The molecule has 1 heterocycles. The number of ether oxygens (including phenoxy) is 2. The van der Waals surface area contributed by atoms with Gasteiger partial charge in [-0.2, -0.15) is 0 Å². The average molecular weight is 242 g/mol. The van der Waals surface area contributed by atoms with E-state index in [1.807, 2.05) is 0 Å². The van der Waals surface area contributed by atoms with Gasteiger partial charge < -0.3 is 14.6 Å². The molecule has 0 saturated carbocycles. The molecule has 0 aliphatic carbocycles. The van der Waals surface area contributed by atoms with Crippen LogP contribution in [-0.4, -0.2) is 17.4 Å². The Morgan fingerprint density at radius 3 is 2.76 bits per heavy atom. The maximum atomic E-state index is 12.8. The van der Waals surface area contributed by atoms with Crippen LogP contribution in [0.25, 0.3) is 6.08 Å². The number of benzene rings is 1. The summed E-state index contributed by atoms with van der Waals surface area (Å²) in [6.45, 7) is 1.36. The molecule has 0 spiro atoms. The molecule has 0 radical (unpaired) electrons. The molecule has 1 aliphatic heterocycles. The Morgan fingerprint density at radius 1 is 1.41 bits per heavy atom. The van der Waals surface area contributed by atoms with Crippen molar-refractivity contribution >= 4 is 12.0 Å². The fourth-order valence-corrected chi connectivity index (χ4v) is 1.40. The minimum Gasteiger partial charge on any atom is -0.478 e. The maximum Gasteiger partial charge on any atom is 0.586 e. The standard InChI is InChI=1S/C11H8F2O4/c1-6(10(14)15)5-7-3-2-4-8-9(7)17-11(12,13)16-8/h2-5H,1H3,(H,14,15)/b6-5+. The van der Waals surface area contributed by atoms with Gasteiger partial charge >= 0.3 is 12.3 Å². The number of rotatable bonds is 2. The lowest BCUT2D eigenvalue weighted by molar-refractivity contribution is -0.286. The number of alkyl halides is 2. The highest BCUT2D eigenvalue weighted by atomic mass is 19.3. The van der Waals surface area contributed by atoms with Gasteiger partial charge in [-0.05, 0) is 19.1 Å². The number of carbonyl (C=O) groups is 1. The molecule has 6 heteroatoms. The van der Waals surface area contributed by atoms with E-state index in [-0.39, 0.29) is 22.6 Å². The molecule has 1 aromatic carbocycles. The van der Waals surface area contributed by atoms with E-state index in [9.17, 15) is 13.6 Å². The van der Waals surface area contributed by atoms with E-state index < -0.39 is 12.3 Å². The second-order valence-corrected chi connectivity index (χ2v) is 3.47. The number of aliphatic carboxylic acids is 1. The van der Waals surface area contributed by atoms with E-state index in [4.69, 9.17) is 5.11 Å². The number of carboxylic acids is 1. The van der Waals surface area contributed by atoms with E-state index in [2.05, 4.69) is 9.47 Å². The van der Waals surface area contributed by atoms with Gasteiger partial charge in [0.15, 0.2) is 11.5 Å². The summed E-state index contributed by atoms with van der Waals surface area (Å²) in [6, 6.07) is 4.27. The second-order valence-electron chi connectivity index (χ2n) is 3.47. The van der Waals surface area contributed by atoms with Crippen LogP contribution in [0.2, 0.25) is 0 Å². The van der Waals surface area contributed by atoms with Crippen molar-refractivity contribution < 1.29 is 28.2 Å². The number of halogens is 2. The highest BCUT2D eigenvalue weighted by Crippen LogP contribution is 2.43. The molecule has 0 unspecified atom stereocenters. The van der Waals surface area contributed by atoms with Crippen LogP contribution in [0.3, 0.4) is 0 Å².